The number of unbranched alkanes of at least 4 members (excludes halogenated alkanes) is 1. The Morgan fingerprint density at radius 2 is 2.00 bits per heavy atom. The van der Waals surface area contributed by atoms with Crippen molar-refractivity contribution in [1.82, 2.24) is 5.06 Å². The van der Waals surface area contributed by atoms with E-state index >= 15 is 0 Å². The number of benzene rings is 1. The maximum absolute atomic E-state index is 13.1. The molecule has 1 amide bonds. The molecular weight excluding hydrogens is 354 g/mol. The summed E-state index contributed by atoms with van der Waals surface area (Å²) >= 11 is 6.14. The van der Waals surface area contributed by atoms with Crippen molar-refractivity contribution in [2.24, 2.45) is 0 Å². The summed E-state index contributed by atoms with van der Waals surface area (Å²) in [6.07, 6.45) is 5.98. The molecule has 5 nitrogen and oxygen atoms in total. The average molecular weight is 382 g/mol. The number of rotatable bonds is 9. The quantitative estimate of drug-likeness (QED) is 0.356. The van der Waals surface area contributed by atoms with E-state index in [1.165, 1.54) is 5.06 Å². The van der Waals surface area contributed by atoms with E-state index in [4.69, 9.17) is 25.9 Å². The van der Waals surface area contributed by atoms with Crippen LogP contribution in [0.1, 0.15) is 68.3 Å². The third kappa shape index (κ3) is 3.91. The van der Waals surface area contributed by atoms with Crippen LogP contribution in [0.4, 0.5) is 0 Å². The number of hydroxylamine groups is 2. The minimum atomic E-state index is -1.37. The monoisotopic (exact) mass is 381 g/mol. The number of nitrogens with zero attached hydrogens (tertiary/aromatic N) is 1. The van der Waals surface area contributed by atoms with Gasteiger partial charge in [-0.1, -0.05) is 44.4 Å². The van der Waals surface area contributed by atoms with Gasteiger partial charge in [-0.3, -0.25) is 9.63 Å². The highest BCUT2D eigenvalue weighted by Gasteiger charge is 2.55. The molecule has 0 radical (unpaired) electrons. The summed E-state index contributed by atoms with van der Waals surface area (Å²) in [6.45, 7) is 4.67. The maximum Gasteiger partial charge on any atom is 0.306 e. The summed E-state index contributed by atoms with van der Waals surface area (Å²) in [5, 5.41) is 1.11. The Hall–Kier alpha value is -1.14. The van der Waals surface area contributed by atoms with Gasteiger partial charge in [-0.2, -0.15) is 5.06 Å². The van der Waals surface area contributed by atoms with E-state index in [1.54, 1.807) is 6.07 Å². The molecule has 6 heteroatoms. The topological polar surface area (TPSA) is 48.0 Å². The minimum absolute atomic E-state index is 0.0134. The lowest BCUT2D eigenvalue weighted by Crippen LogP contribution is -2.50. The van der Waals surface area contributed by atoms with Gasteiger partial charge < -0.3 is 9.47 Å². The first-order chi connectivity index (χ1) is 12.6. The number of halogens is 1. The third-order valence-electron chi connectivity index (χ3n) is 4.81. The molecule has 26 heavy (non-hydrogen) atoms. The summed E-state index contributed by atoms with van der Waals surface area (Å²) in [7, 11) is 0. The number of ether oxygens (including phenoxy) is 2. The van der Waals surface area contributed by atoms with Gasteiger partial charge in [0, 0.05) is 5.56 Å². The molecule has 3 rings (SSSR count). The molecule has 1 aromatic carbocycles. The van der Waals surface area contributed by atoms with E-state index in [1.807, 2.05) is 25.1 Å². The normalized spacial score (nSPS) is 24.3. The van der Waals surface area contributed by atoms with Crippen LogP contribution in [0.15, 0.2) is 24.3 Å². The van der Waals surface area contributed by atoms with Crippen LogP contribution in [0.3, 0.4) is 0 Å². The van der Waals surface area contributed by atoms with Gasteiger partial charge in [0.15, 0.2) is 0 Å². The molecule has 1 aromatic rings. The Morgan fingerprint density at radius 1 is 1.27 bits per heavy atom. The highest BCUT2D eigenvalue weighted by atomic mass is 35.5. The number of hydrogen-bond donors (Lipinski definition) is 0. The maximum atomic E-state index is 13.1. The average Bonchev–Trinajstić information content (AvgIpc) is 3.22. The minimum Gasteiger partial charge on any atom is -0.327 e. The lowest BCUT2D eigenvalue weighted by Gasteiger charge is -2.38. The molecule has 0 bridgehead atoms. The molecule has 0 N–H and O–H groups in total. The van der Waals surface area contributed by atoms with Crippen LogP contribution in [0.25, 0.3) is 0 Å². The predicted octanol–water partition coefficient (Wildman–Crippen LogP) is 4.59. The van der Waals surface area contributed by atoms with Crippen molar-refractivity contribution in [1.29, 1.82) is 0 Å². The van der Waals surface area contributed by atoms with E-state index < -0.39 is 5.91 Å². The first-order valence-electron chi connectivity index (χ1n) is 9.61. The van der Waals surface area contributed by atoms with E-state index in [-0.39, 0.29) is 24.0 Å². The third-order valence-corrected chi connectivity index (χ3v) is 4.94. The summed E-state index contributed by atoms with van der Waals surface area (Å²) in [5.41, 5.74) is 1.25. The molecule has 1 aliphatic carbocycles. The first-order valence-corrected chi connectivity index (χ1v) is 10.0. The second-order valence-electron chi connectivity index (χ2n) is 7.03. The van der Waals surface area contributed by atoms with Crippen LogP contribution in [0, 0.1) is 0 Å². The summed E-state index contributed by atoms with van der Waals surface area (Å²) < 4.78 is 12.3. The van der Waals surface area contributed by atoms with Crippen LogP contribution in [-0.2, 0) is 20.2 Å². The van der Waals surface area contributed by atoms with Gasteiger partial charge in [0.25, 0.3) is 5.91 Å². The summed E-state index contributed by atoms with van der Waals surface area (Å²) in [6, 6.07) is 7.39. The van der Waals surface area contributed by atoms with Gasteiger partial charge in [0.1, 0.15) is 0 Å². The fourth-order valence-electron chi connectivity index (χ4n) is 3.45. The second-order valence-corrected chi connectivity index (χ2v) is 7.78. The Morgan fingerprint density at radius 3 is 2.69 bits per heavy atom. The standard InChI is InChI=1S/C20H28ClNO4/c1-3-4-13-24-20(25-14-15(2)21)18-12-8-7-11-17(18)19(23)22(20)26-16-9-5-6-10-16/h7-8,11-12,15-16H,3-6,9-10,13-14H2,1-2H3. The Kier molecular flexibility index (Phi) is 6.56. The number of hydrogen-bond acceptors (Lipinski definition) is 4. The van der Waals surface area contributed by atoms with Gasteiger partial charge in [0.05, 0.1) is 30.3 Å². The fourth-order valence-corrected chi connectivity index (χ4v) is 3.52. The number of alkyl halides is 1. The molecular formula is C20H28ClNO4. The van der Waals surface area contributed by atoms with Crippen molar-refractivity contribution >= 4 is 17.5 Å². The van der Waals surface area contributed by atoms with Crippen LogP contribution in [-0.4, -0.2) is 35.7 Å². The van der Waals surface area contributed by atoms with Gasteiger partial charge in [-0.25, -0.2) is 0 Å². The van der Waals surface area contributed by atoms with Crippen molar-refractivity contribution in [3.05, 3.63) is 35.4 Å². The predicted molar refractivity (Wildman–Crippen MR) is 99.8 cm³/mol. The Labute approximate surface area is 160 Å². The zero-order chi connectivity index (χ0) is 18.6. The first kappa shape index (κ1) is 19.6. The van der Waals surface area contributed by atoms with Crippen molar-refractivity contribution in [2.75, 3.05) is 13.2 Å². The molecule has 1 saturated carbocycles. The van der Waals surface area contributed by atoms with Gasteiger partial charge in [0.2, 0.25) is 0 Å². The molecule has 0 saturated heterocycles. The molecule has 2 aliphatic rings. The van der Waals surface area contributed by atoms with Crippen molar-refractivity contribution in [3.63, 3.8) is 0 Å². The molecule has 2 unspecified atom stereocenters. The van der Waals surface area contributed by atoms with E-state index in [9.17, 15) is 4.79 Å². The largest absolute Gasteiger partial charge is 0.327 e. The second kappa shape index (κ2) is 8.70. The van der Waals surface area contributed by atoms with Crippen LogP contribution in [0.5, 0.6) is 0 Å². The number of carbonyl (C=O) groups is 1. The van der Waals surface area contributed by atoms with Crippen LogP contribution < -0.4 is 0 Å². The molecule has 144 valence electrons. The van der Waals surface area contributed by atoms with Gasteiger partial charge >= 0.3 is 5.91 Å². The highest BCUT2D eigenvalue weighted by Crippen LogP contribution is 2.43. The van der Waals surface area contributed by atoms with E-state index in [2.05, 4.69) is 6.92 Å². The molecule has 2 atom stereocenters. The van der Waals surface area contributed by atoms with Crippen molar-refractivity contribution < 1.29 is 19.1 Å². The zero-order valence-electron chi connectivity index (χ0n) is 15.6. The number of fused-ring (bicyclic) bond motifs is 1. The Bertz CT molecular complexity index is 618. The SMILES string of the molecule is CCCCOC1(OCC(C)Cl)c2ccccc2C(=O)N1OC1CCCC1. The molecule has 0 spiro atoms. The van der Waals surface area contributed by atoms with Crippen molar-refractivity contribution in [3.8, 4) is 0 Å². The Balaban J connectivity index is 1.95. The molecule has 0 aromatic heterocycles. The number of carbonyl (C=O) groups excluding carboxylic acids is 1. The van der Waals surface area contributed by atoms with Gasteiger partial charge in [-0.15, -0.1) is 11.6 Å². The van der Waals surface area contributed by atoms with Crippen molar-refractivity contribution in [2.45, 2.75) is 69.8 Å². The lowest BCUT2D eigenvalue weighted by molar-refractivity contribution is -0.398. The summed E-state index contributed by atoms with van der Waals surface area (Å²) in [4.78, 5) is 19.2. The summed E-state index contributed by atoms with van der Waals surface area (Å²) in [5.74, 6) is -1.58. The van der Waals surface area contributed by atoms with Crippen LogP contribution in [0.2, 0.25) is 0 Å². The number of amides is 1. The van der Waals surface area contributed by atoms with E-state index in [0.29, 0.717) is 17.7 Å². The molecule has 1 heterocycles. The zero-order valence-corrected chi connectivity index (χ0v) is 16.3. The van der Waals surface area contributed by atoms with Crippen LogP contribution >= 0.6 is 11.6 Å². The van der Waals surface area contributed by atoms with E-state index in [0.717, 1.165) is 38.5 Å². The lowest BCUT2D eigenvalue weighted by atomic mass is 10.1. The smallest absolute Gasteiger partial charge is 0.306 e. The van der Waals surface area contributed by atoms with Gasteiger partial charge in [-0.05, 0) is 32.3 Å². The molecule has 1 fully saturated rings. The highest BCUT2D eigenvalue weighted by molar-refractivity contribution is 6.20. The molecule has 1 aliphatic heterocycles. The fraction of sp³-hybridized carbons (Fsp3) is 0.650.